The first-order valence-electron chi connectivity index (χ1n) is 28.3. The predicted molar refractivity (Wildman–Crippen MR) is 254 cm³/mol. The zero-order valence-corrected chi connectivity index (χ0v) is 39.8. The molecule has 59 heavy (non-hydrogen) atoms. The van der Waals surface area contributed by atoms with Gasteiger partial charge in [0.15, 0.2) is 0 Å². The second kappa shape index (κ2) is 18.1. The van der Waals surface area contributed by atoms with Crippen molar-refractivity contribution in [2.24, 2.45) is 82.9 Å². The summed E-state index contributed by atoms with van der Waals surface area (Å²) in [5.74, 6) is 15.3. The molecule has 12 aliphatic rings. The van der Waals surface area contributed by atoms with E-state index < -0.39 is 0 Å². The van der Waals surface area contributed by atoms with Crippen LogP contribution in [0.3, 0.4) is 0 Å². The smallest absolute Gasteiger partial charge is 0.0123 e. The monoisotopic (exact) mass is 842 g/mol. The molecule has 0 spiro atoms. The minimum atomic E-state index is 0.918. The van der Waals surface area contributed by atoms with Gasteiger partial charge in [-0.3, -0.25) is 4.90 Å². The van der Waals surface area contributed by atoms with Gasteiger partial charge in [0, 0.05) is 39.1 Å². The van der Waals surface area contributed by atoms with Gasteiger partial charge in [-0.15, -0.1) is 0 Å². The van der Waals surface area contributed by atoms with E-state index in [1.165, 1.54) is 6.42 Å². The highest BCUT2D eigenvalue weighted by molar-refractivity contribution is 8.02. The Bertz CT molecular complexity index is 1320. The van der Waals surface area contributed by atoms with Gasteiger partial charge in [-0.2, -0.15) is 23.5 Å². The van der Waals surface area contributed by atoms with Crippen LogP contribution in [0.15, 0.2) is 0 Å². The van der Waals surface area contributed by atoms with Gasteiger partial charge in [0.05, 0.1) is 0 Å². The van der Waals surface area contributed by atoms with Gasteiger partial charge in [-0.05, 0) is 224 Å². The van der Waals surface area contributed by atoms with E-state index in [4.69, 9.17) is 0 Å². The first-order valence-corrected chi connectivity index (χ1v) is 30.2. The highest BCUT2D eigenvalue weighted by Gasteiger charge is 2.59. The van der Waals surface area contributed by atoms with Crippen LogP contribution in [0.1, 0.15) is 225 Å². The van der Waals surface area contributed by atoms with Gasteiger partial charge in [-0.1, -0.05) is 83.5 Å². The summed E-state index contributed by atoms with van der Waals surface area (Å²) in [6, 6.07) is 2.76. The molecule has 0 radical (unpaired) electrons. The van der Waals surface area contributed by atoms with E-state index in [-0.39, 0.29) is 0 Å². The van der Waals surface area contributed by atoms with Crippen LogP contribution >= 0.6 is 23.5 Å². The maximum atomic E-state index is 3.41. The average molecular weight is 842 g/mol. The van der Waals surface area contributed by atoms with E-state index in [0.717, 1.165) is 122 Å². The third kappa shape index (κ3) is 7.87. The van der Waals surface area contributed by atoms with Crippen LogP contribution in [0.2, 0.25) is 0 Å². The lowest BCUT2D eigenvalue weighted by Gasteiger charge is -2.53. The first kappa shape index (κ1) is 41.1. The van der Waals surface area contributed by atoms with E-state index in [0.29, 0.717) is 0 Å². The molecule has 0 amide bonds. The number of hydrogen-bond acceptors (Lipinski definition) is 3. The molecule has 0 N–H and O–H groups in total. The standard InChI is InChI=1S/C56H91NS2/c1-3-14-44-36(10-1)12-7-17-46(44)38-22-28-41(29-23-38)57(42-30-24-39(25-31-42)47-18-8-13-37-11-2-4-15-45(37)47)43-32-26-40(27-33-43)48-19-9-20-49-50-34-35-53-54(56(50)59-55(48)49)51-16-5-6-21-52(51)58-53/h36-56H,1-35H2. The topological polar surface area (TPSA) is 3.24 Å². The van der Waals surface area contributed by atoms with Crippen molar-refractivity contribution >= 4 is 23.5 Å². The van der Waals surface area contributed by atoms with Crippen molar-refractivity contribution in [1.82, 2.24) is 4.90 Å². The van der Waals surface area contributed by atoms with Crippen molar-refractivity contribution in [3.05, 3.63) is 0 Å². The molecule has 2 aliphatic heterocycles. The Balaban J connectivity index is 0.723. The maximum absolute atomic E-state index is 3.41. The highest BCUT2D eigenvalue weighted by atomic mass is 32.2. The summed E-state index contributed by atoms with van der Waals surface area (Å²) in [5, 5.41) is 4.19. The molecular weight excluding hydrogens is 751 g/mol. The van der Waals surface area contributed by atoms with Crippen molar-refractivity contribution in [2.75, 3.05) is 0 Å². The molecule has 10 saturated carbocycles. The zero-order valence-electron chi connectivity index (χ0n) is 38.1. The van der Waals surface area contributed by atoms with Gasteiger partial charge in [0.25, 0.3) is 0 Å². The molecule has 3 heteroatoms. The van der Waals surface area contributed by atoms with Crippen LogP contribution in [0.4, 0.5) is 0 Å². The summed E-state index contributed by atoms with van der Waals surface area (Å²) < 4.78 is 0. The number of nitrogens with zero attached hydrogens (tertiary/aromatic N) is 1. The maximum Gasteiger partial charge on any atom is 0.0123 e. The third-order valence-corrected chi connectivity index (χ3v) is 26.8. The first-order chi connectivity index (χ1) is 29.2. The van der Waals surface area contributed by atoms with Crippen molar-refractivity contribution in [3.63, 3.8) is 0 Å². The van der Waals surface area contributed by atoms with E-state index in [1.54, 1.807) is 218 Å². The van der Waals surface area contributed by atoms with Gasteiger partial charge in [0.1, 0.15) is 0 Å². The predicted octanol–water partition coefficient (Wildman–Crippen LogP) is 15.8. The molecule has 1 nitrogen and oxygen atoms in total. The van der Waals surface area contributed by atoms with Crippen molar-refractivity contribution in [1.29, 1.82) is 0 Å². The Labute approximate surface area is 373 Å². The lowest BCUT2D eigenvalue weighted by molar-refractivity contribution is -0.0264. The Morgan fingerprint density at radius 2 is 0.627 bits per heavy atom. The second-order valence-electron chi connectivity index (χ2n) is 25.1. The number of fused-ring (bicyclic) bond motifs is 9. The van der Waals surface area contributed by atoms with Crippen molar-refractivity contribution < 1.29 is 0 Å². The third-order valence-electron chi connectivity index (χ3n) is 23.0. The lowest BCUT2D eigenvalue weighted by atomic mass is 9.59. The van der Waals surface area contributed by atoms with Crippen LogP contribution in [0.25, 0.3) is 0 Å². The molecule has 2 heterocycles. The summed E-state index contributed by atoms with van der Waals surface area (Å²) in [5.41, 5.74) is 0. The summed E-state index contributed by atoms with van der Waals surface area (Å²) in [6.45, 7) is 0. The van der Waals surface area contributed by atoms with Crippen LogP contribution < -0.4 is 0 Å². The van der Waals surface area contributed by atoms with Gasteiger partial charge < -0.3 is 0 Å². The minimum absolute atomic E-state index is 0.918. The molecule has 12 fully saturated rings. The Morgan fingerprint density at radius 3 is 1.20 bits per heavy atom. The normalized spacial score (nSPS) is 53.9. The Hall–Kier alpha value is 0.660. The summed E-state index contributed by atoms with van der Waals surface area (Å²) >= 11 is 5.20. The van der Waals surface area contributed by atoms with Gasteiger partial charge in [-0.25, -0.2) is 0 Å². The van der Waals surface area contributed by atoms with Gasteiger partial charge in [0.2, 0.25) is 0 Å². The van der Waals surface area contributed by atoms with Crippen LogP contribution in [0.5, 0.6) is 0 Å². The fraction of sp³-hybridized carbons (Fsp3) is 1.00. The molecule has 2 saturated heterocycles. The van der Waals surface area contributed by atoms with Crippen molar-refractivity contribution in [3.8, 4) is 0 Å². The van der Waals surface area contributed by atoms with Crippen LogP contribution in [0, 0.1) is 82.9 Å². The van der Waals surface area contributed by atoms with E-state index in [1.807, 2.05) is 0 Å². The molecule has 0 aromatic rings. The number of hydrogen-bond donors (Lipinski definition) is 0. The molecule has 15 unspecified atom stereocenters. The number of rotatable bonds is 6. The summed E-state index contributed by atoms with van der Waals surface area (Å²) in [7, 11) is 0. The molecule has 12 rings (SSSR count). The minimum Gasteiger partial charge on any atom is -0.294 e. The molecule has 0 bridgehead atoms. The molecular formula is C56H91NS2. The fourth-order valence-electron chi connectivity index (χ4n) is 20.6. The Morgan fingerprint density at radius 1 is 0.237 bits per heavy atom. The summed E-state index contributed by atoms with van der Waals surface area (Å²) in [4.78, 5) is 3.41. The average Bonchev–Trinajstić information content (AvgIpc) is 3.88. The fourth-order valence-corrected chi connectivity index (χ4v) is 25.4. The summed E-state index contributed by atoms with van der Waals surface area (Å²) in [6.07, 6.45) is 55.3. The lowest BCUT2D eigenvalue weighted by Crippen LogP contribution is -2.54. The molecule has 332 valence electrons. The zero-order chi connectivity index (χ0) is 38.9. The largest absolute Gasteiger partial charge is 0.294 e. The van der Waals surface area contributed by atoms with E-state index in [2.05, 4.69) is 28.4 Å². The number of thioether (sulfide) groups is 2. The second-order valence-corrected chi connectivity index (χ2v) is 27.9. The van der Waals surface area contributed by atoms with Crippen LogP contribution in [-0.2, 0) is 0 Å². The molecule has 0 aromatic carbocycles. The van der Waals surface area contributed by atoms with Crippen molar-refractivity contribution in [2.45, 2.75) is 264 Å². The SMILES string of the molecule is C1CCC2C(C1)CCCC2C1CCC(N(C2CCC(C3CCCC4CCCCC43)CC2)C2CCC(C3CCCC4C5CCC6SC7CCCCC7C6C5SC34)CC2)CC1. The molecule has 0 aromatic heterocycles. The molecule has 15 atom stereocenters. The van der Waals surface area contributed by atoms with Gasteiger partial charge >= 0.3 is 0 Å². The molecule has 10 aliphatic carbocycles. The van der Waals surface area contributed by atoms with E-state index >= 15 is 0 Å². The van der Waals surface area contributed by atoms with Crippen LogP contribution in [-0.4, -0.2) is 44.0 Å². The van der Waals surface area contributed by atoms with E-state index in [9.17, 15) is 0 Å². The Kier molecular flexibility index (Phi) is 12.6. The quantitative estimate of drug-likeness (QED) is 0.262. The highest BCUT2D eigenvalue weighted by Crippen LogP contribution is 2.66.